The zero-order valence-corrected chi connectivity index (χ0v) is 11.1. The number of thiocarbonyl (C=S) groups is 1. The van der Waals surface area contributed by atoms with E-state index in [-0.39, 0.29) is 22.1 Å². The molecule has 0 aliphatic heterocycles. The highest BCUT2D eigenvalue weighted by atomic mass is 35.5. The average molecular weight is 294 g/mol. The van der Waals surface area contributed by atoms with Crippen LogP contribution in [0.1, 0.15) is 10.4 Å². The van der Waals surface area contributed by atoms with E-state index in [4.69, 9.17) is 23.8 Å². The summed E-state index contributed by atoms with van der Waals surface area (Å²) in [6.45, 7) is 0. The monoisotopic (exact) mass is 293 g/mol. The van der Waals surface area contributed by atoms with Gasteiger partial charge in [-0.05, 0) is 30.4 Å². The Morgan fingerprint density at radius 3 is 2.84 bits per heavy atom. The first-order valence-electron chi connectivity index (χ1n) is 5.16. The molecule has 0 saturated carbocycles. The van der Waals surface area contributed by atoms with E-state index >= 15 is 0 Å². The minimum atomic E-state index is -0.368. The van der Waals surface area contributed by atoms with Crippen LogP contribution in [-0.2, 0) is 0 Å². The number of nitrogens with zero attached hydrogens (tertiary/aromatic N) is 3. The Labute approximate surface area is 119 Å². The summed E-state index contributed by atoms with van der Waals surface area (Å²) in [5, 5.41) is 5.49. The van der Waals surface area contributed by atoms with Gasteiger partial charge in [-0.2, -0.15) is 0 Å². The summed E-state index contributed by atoms with van der Waals surface area (Å²) in [5.41, 5.74) is 0.402. The molecule has 19 heavy (non-hydrogen) atoms. The second kappa shape index (κ2) is 6.17. The predicted molar refractivity (Wildman–Crippen MR) is 75.0 cm³/mol. The molecule has 0 bridgehead atoms. The first-order chi connectivity index (χ1) is 9.15. The summed E-state index contributed by atoms with van der Waals surface area (Å²) in [4.78, 5) is 23.4. The summed E-state index contributed by atoms with van der Waals surface area (Å²) in [5.74, 6) is -0.156. The van der Waals surface area contributed by atoms with Crippen LogP contribution in [0.25, 0.3) is 0 Å². The maximum absolute atomic E-state index is 11.8. The molecule has 0 unspecified atom stereocenters. The quantitative estimate of drug-likeness (QED) is 0.647. The van der Waals surface area contributed by atoms with Crippen LogP contribution in [-0.4, -0.2) is 26.0 Å². The number of amides is 1. The van der Waals surface area contributed by atoms with Crippen molar-refractivity contribution in [1.29, 1.82) is 0 Å². The number of hydrogen-bond acceptors (Lipinski definition) is 5. The van der Waals surface area contributed by atoms with E-state index in [0.29, 0.717) is 5.56 Å². The molecule has 1 amide bonds. The van der Waals surface area contributed by atoms with Crippen LogP contribution in [0.2, 0.25) is 5.15 Å². The molecule has 0 aromatic carbocycles. The second-order valence-corrected chi connectivity index (χ2v) is 4.15. The molecule has 0 aliphatic carbocycles. The van der Waals surface area contributed by atoms with Gasteiger partial charge in [0.25, 0.3) is 5.91 Å². The fraction of sp³-hybridized carbons (Fsp3) is 0. The van der Waals surface area contributed by atoms with Crippen molar-refractivity contribution in [3.63, 3.8) is 0 Å². The normalized spacial score (nSPS) is 9.74. The minimum Gasteiger partial charge on any atom is -0.301 e. The van der Waals surface area contributed by atoms with Gasteiger partial charge in [-0.15, -0.1) is 0 Å². The number of carbonyl (C=O) groups is 1. The Hall–Kier alpha value is -2.12. The number of rotatable bonds is 2. The number of hydrogen-bond donors (Lipinski definition) is 2. The Balaban J connectivity index is 1.97. The molecule has 0 fully saturated rings. The molecule has 96 valence electrons. The number of halogens is 1. The molecule has 0 atom stereocenters. The Morgan fingerprint density at radius 1 is 1.32 bits per heavy atom. The Morgan fingerprint density at radius 2 is 2.16 bits per heavy atom. The zero-order chi connectivity index (χ0) is 13.7. The van der Waals surface area contributed by atoms with Gasteiger partial charge < -0.3 is 5.32 Å². The van der Waals surface area contributed by atoms with Gasteiger partial charge in [-0.1, -0.05) is 11.6 Å². The lowest BCUT2D eigenvalue weighted by atomic mass is 10.3. The van der Waals surface area contributed by atoms with Crippen molar-refractivity contribution in [2.45, 2.75) is 0 Å². The minimum absolute atomic E-state index is 0.0797. The summed E-state index contributed by atoms with van der Waals surface area (Å²) >= 11 is 10.7. The van der Waals surface area contributed by atoms with Gasteiger partial charge in [0.1, 0.15) is 5.15 Å². The standard InChI is InChI=1S/C11H8ClN5OS/c12-8-3-5-14-10(15-8)17-11(19)16-9(18)7-2-1-4-13-6-7/h1-6H,(H2,14,15,16,17,18,19). The van der Waals surface area contributed by atoms with Gasteiger partial charge in [-0.3, -0.25) is 15.1 Å². The summed E-state index contributed by atoms with van der Waals surface area (Å²) in [7, 11) is 0. The Bertz CT molecular complexity index is 607. The van der Waals surface area contributed by atoms with Gasteiger partial charge in [0.05, 0.1) is 5.56 Å². The summed E-state index contributed by atoms with van der Waals surface area (Å²) < 4.78 is 0. The van der Waals surface area contributed by atoms with Crippen molar-refractivity contribution < 1.29 is 4.79 Å². The number of anilines is 1. The number of aromatic nitrogens is 3. The first kappa shape index (κ1) is 13.3. The molecule has 6 nitrogen and oxygen atoms in total. The molecular weight excluding hydrogens is 286 g/mol. The lowest BCUT2D eigenvalue weighted by Crippen LogP contribution is -2.34. The third kappa shape index (κ3) is 3.94. The van der Waals surface area contributed by atoms with E-state index in [1.54, 1.807) is 18.3 Å². The van der Waals surface area contributed by atoms with Crippen LogP contribution >= 0.6 is 23.8 Å². The molecule has 2 aromatic rings. The van der Waals surface area contributed by atoms with Crippen LogP contribution in [0.3, 0.4) is 0 Å². The third-order valence-electron chi connectivity index (χ3n) is 2.00. The van der Waals surface area contributed by atoms with E-state index < -0.39 is 0 Å². The molecule has 0 radical (unpaired) electrons. The maximum atomic E-state index is 11.8. The fourth-order valence-corrected chi connectivity index (χ4v) is 1.52. The molecule has 2 aromatic heterocycles. The van der Waals surface area contributed by atoms with E-state index in [1.807, 2.05) is 0 Å². The number of pyridine rings is 1. The fourth-order valence-electron chi connectivity index (χ4n) is 1.20. The third-order valence-corrected chi connectivity index (χ3v) is 2.41. The largest absolute Gasteiger partial charge is 0.301 e. The van der Waals surface area contributed by atoms with E-state index in [0.717, 1.165) is 0 Å². The SMILES string of the molecule is O=C(NC(=S)Nc1nccc(Cl)n1)c1cccnc1. The molecule has 8 heteroatoms. The summed E-state index contributed by atoms with van der Waals surface area (Å²) in [6.07, 6.45) is 4.49. The molecule has 2 N–H and O–H groups in total. The zero-order valence-electron chi connectivity index (χ0n) is 9.50. The number of carbonyl (C=O) groups excluding carboxylic acids is 1. The highest BCUT2D eigenvalue weighted by Gasteiger charge is 2.08. The topological polar surface area (TPSA) is 79.8 Å². The average Bonchev–Trinajstić information content (AvgIpc) is 2.39. The predicted octanol–water partition coefficient (Wildman–Crippen LogP) is 1.65. The van der Waals surface area contributed by atoms with E-state index in [1.165, 1.54) is 18.5 Å². The van der Waals surface area contributed by atoms with Crippen molar-refractivity contribution in [2.24, 2.45) is 0 Å². The molecule has 2 rings (SSSR count). The van der Waals surface area contributed by atoms with E-state index in [9.17, 15) is 4.79 Å². The van der Waals surface area contributed by atoms with Crippen LogP contribution < -0.4 is 10.6 Å². The number of nitrogens with one attached hydrogen (secondary N) is 2. The Kier molecular flexibility index (Phi) is 4.32. The molecule has 0 aliphatic rings. The highest BCUT2D eigenvalue weighted by molar-refractivity contribution is 7.80. The van der Waals surface area contributed by atoms with Crippen LogP contribution in [0.4, 0.5) is 5.95 Å². The highest BCUT2D eigenvalue weighted by Crippen LogP contribution is 2.05. The second-order valence-electron chi connectivity index (χ2n) is 3.35. The van der Waals surface area contributed by atoms with Gasteiger partial charge >= 0.3 is 0 Å². The van der Waals surface area contributed by atoms with Crippen molar-refractivity contribution in [3.8, 4) is 0 Å². The van der Waals surface area contributed by atoms with Gasteiger partial charge in [0.15, 0.2) is 5.11 Å². The lowest BCUT2D eigenvalue weighted by Gasteiger charge is -2.07. The van der Waals surface area contributed by atoms with E-state index in [2.05, 4.69) is 25.6 Å². The maximum Gasteiger partial charge on any atom is 0.258 e. The molecule has 0 spiro atoms. The molecule has 2 heterocycles. The van der Waals surface area contributed by atoms with Crippen molar-refractivity contribution >= 4 is 40.8 Å². The lowest BCUT2D eigenvalue weighted by molar-refractivity contribution is 0.0977. The molecule has 0 saturated heterocycles. The van der Waals surface area contributed by atoms with Crippen molar-refractivity contribution in [1.82, 2.24) is 20.3 Å². The van der Waals surface area contributed by atoms with Gasteiger partial charge in [-0.25, -0.2) is 9.97 Å². The van der Waals surface area contributed by atoms with Crippen LogP contribution in [0.15, 0.2) is 36.8 Å². The first-order valence-corrected chi connectivity index (χ1v) is 5.94. The summed E-state index contributed by atoms with van der Waals surface area (Å²) in [6, 6.07) is 4.82. The van der Waals surface area contributed by atoms with Gasteiger partial charge in [0, 0.05) is 18.6 Å². The van der Waals surface area contributed by atoms with Crippen LogP contribution in [0.5, 0.6) is 0 Å². The van der Waals surface area contributed by atoms with Crippen molar-refractivity contribution in [2.75, 3.05) is 5.32 Å². The van der Waals surface area contributed by atoms with Crippen LogP contribution in [0, 0.1) is 0 Å². The smallest absolute Gasteiger partial charge is 0.258 e. The van der Waals surface area contributed by atoms with Crippen molar-refractivity contribution in [3.05, 3.63) is 47.5 Å². The van der Waals surface area contributed by atoms with Gasteiger partial charge in [0.2, 0.25) is 5.95 Å². The molecular formula is C11H8ClN5OS.